The van der Waals surface area contributed by atoms with Crippen LogP contribution >= 0.6 is 0 Å². The minimum atomic E-state index is 0.423. The zero-order valence-corrected chi connectivity index (χ0v) is 6.77. The van der Waals surface area contributed by atoms with Crippen LogP contribution in [0, 0.1) is 4.91 Å². The highest BCUT2D eigenvalue weighted by Crippen LogP contribution is 2.27. The fraction of sp³-hybridized carbons (Fsp3) is 0. The molecule has 0 bridgehead atoms. The molecule has 0 fully saturated rings. The lowest BCUT2D eigenvalue weighted by Gasteiger charge is -1.98. The number of nitrogens with zero attached hydrogens (tertiary/aromatic N) is 2. The average molecular weight is 173 g/mol. The first-order chi connectivity index (χ1) is 6.42. The van der Waals surface area contributed by atoms with Gasteiger partial charge in [-0.05, 0) is 11.2 Å². The van der Waals surface area contributed by atoms with E-state index in [1.807, 2.05) is 12.1 Å². The Morgan fingerprint density at radius 3 is 2.85 bits per heavy atom. The van der Waals surface area contributed by atoms with Crippen LogP contribution in [0.25, 0.3) is 11.3 Å². The predicted octanol–water partition coefficient (Wildman–Crippen LogP) is 2.47. The molecule has 2 aromatic rings. The number of nitrogens with one attached hydrogen (secondary N) is 1. The lowest BCUT2D eigenvalue weighted by Crippen LogP contribution is -1.76. The number of aromatic nitrogens is 2. The van der Waals surface area contributed by atoms with E-state index in [1.54, 1.807) is 24.7 Å². The Labute approximate surface area is 74.6 Å². The highest BCUT2D eigenvalue weighted by Gasteiger charge is 2.04. The van der Waals surface area contributed by atoms with Gasteiger partial charge in [0.25, 0.3) is 0 Å². The minimum absolute atomic E-state index is 0.423. The van der Waals surface area contributed by atoms with Crippen molar-refractivity contribution in [1.82, 2.24) is 9.97 Å². The van der Waals surface area contributed by atoms with E-state index in [0.29, 0.717) is 5.69 Å². The summed E-state index contributed by atoms with van der Waals surface area (Å²) < 4.78 is 0. The fourth-order valence-electron chi connectivity index (χ4n) is 1.18. The van der Waals surface area contributed by atoms with E-state index in [4.69, 9.17) is 0 Å². The second-order valence-corrected chi connectivity index (χ2v) is 2.57. The number of benzene rings is 1. The summed E-state index contributed by atoms with van der Waals surface area (Å²) in [7, 11) is 0. The maximum absolute atomic E-state index is 10.4. The van der Waals surface area contributed by atoms with Gasteiger partial charge in [-0.1, -0.05) is 18.2 Å². The number of rotatable bonds is 2. The van der Waals surface area contributed by atoms with Crippen molar-refractivity contribution in [2.75, 3.05) is 0 Å². The molecular formula is C9H7N3O. The number of H-pyrrole nitrogens is 1. The Balaban J connectivity index is 2.57. The number of aromatic amines is 1. The summed E-state index contributed by atoms with van der Waals surface area (Å²) in [6.45, 7) is 0. The second kappa shape index (κ2) is 3.18. The molecule has 0 saturated heterocycles. The lowest BCUT2D eigenvalue weighted by molar-refractivity contribution is 1.31. The monoisotopic (exact) mass is 173 g/mol. The van der Waals surface area contributed by atoms with E-state index < -0.39 is 0 Å². The van der Waals surface area contributed by atoms with Crippen LogP contribution in [-0.2, 0) is 0 Å². The smallest absolute Gasteiger partial charge is 0.117 e. The molecule has 0 saturated carbocycles. The van der Waals surface area contributed by atoms with Crippen LogP contribution in [0.4, 0.5) is 5.69 Å². The molecule has 4 nitrogen and oxygen atoms in total. The number of hydrogen-bond acceptors (Lipinski definition) is 3. The summed E-state index contributed by atoms with van der Waals surface area (Å²) in [4.78, 5) is 17.2. The maximum Gasteiger partial charge on any atom is 0.117 e. The molecule has 0 aliphatic carbocycles. The highest BCUT2D eigenvalue weighted by atomic mass is 16.3. The molecular weight excluding hydrogens is 166 g/mol. The fourth-order valence-corrected chi connectivity index (χ4v) is 1.18. The summed E-state index contributed by atoms with van der Waals surface area (Å²) >= 11 is 0. The van der Waals surface area contributed by atoms with Crippen LogP contribution in [0.5, 0.6) is 0 Å². The number of nitroso groups, excluding NO2 is 1. The van der Waals surface area contributed by atoms with Gasteiger partial charge in [0, 0.05) is 5.56 Å². The first-order valence-electron chi connectivity index (χ1n) is 3.83. The van der Waals surface area contributed by atoms with E-state index in [-0.39, 0.29) is 0 Å². The van der Waals surface area contributed by atoms with Crippen molar-refractivity contribution < 1.29 is 0 Å². The van der Waals surface area contributed by atoms with Crippen LogP contribution in [0.2, 0.25) is 0 Å². The average Bonchev–Trinajstić information content (AvgIpc) is 2.70. The molecule has 1 aromatic heterocycles. The van der Waals surface area contributed by atoms with Gasteiger partial charge in [0.1, 0.15) is 5.69 Å². The van der Waals surface area contributed by atoms with Crippen molar-refractivity contribution in [2.24, 2.45) is 5.18 Å². The molecule has 1 aromatic carbocycles. The van der Waals surface area contributed by atoms with Crippen molar-refractivity contribution in [3.8, 4) is 11.3 Å². The Morgan fingerprint density at radius 2 is 2.15 bits per heavy atom. The first-order valence-corrected chi connectivity index (χ1v) is 3.83. The van der Waals surface area contributed by atoms with Crippen molar-refractivity contribution in [3.05, 3.63) is 41.7 Å². The Morgan fingerprint density at radius 1 is 1.31 bits per heavy atom. The molecule has 0 aliphatic rings. The predicted molar refractivity (Wildman–Crippen MR) is 49.5 cm³/mol. The van der Waals surface area contributed by atoms with Gasteiger partial charge in [-0.15, -0.1) is 4.91 Å². The summed E-state index contributed by atoms with van der Waals surface area (Å²) in [6.07, 6.45) is 3.22. The zero-order chi connectivity index (χ0) is 9.10. The molecule has 1 N–H and O–H groups in total. The molecule has 0 aliphatic heterocycles. The topological polar surface area (TPSA) is 58.1 Å². The van der Waals surface area contributed by atoms with Crippen LogP contribution in [0.3, 0.4) is 0 Å². The Bertz CT molecular complexity index is 409. The zero-order valence-electron chi connectivity index (χ0n) is 6.77. The van der Waals surface area contributed by atoms with E-state index >= 15 is 0 Å². The van der Waals surface area contributed by atoms with Crippen molar-refractivity contribution in [1.29, 1.82) is 0 Å². The summed E-state index contributed by atoms with van der Waals surface area (Å²) in [5.41, 5.74) is 2.00. The molecule has 64 valence electrons. The number of hydrogen-bond donors (Lipinski definition) is 1. The van der Waals surface area contributed by atoms with E-state index in [9.17, 15) is 4.91 Å². The number of imidazole rings is 1. The standard InChI is InChI=1S/C9H7N3O/c13-12-8-4-2-1-3-7(8)9-5-10-6-11-9/h1-6H,(H,10,11). The third kappa shape index (κ3) is 1.33. The van der Waals surface area contributed by atoms with Gasteiger partial charge in [-0.3, -0.25) is 0 Å². The van der Waals surface area contributed by atoms with Crippen molar-refractivity contribution in [3.63, 3.8) is 0 Å². The van der Waals surface area contributed by atoms with Gasteiger partial charge in [-0.2, -0.15) is 0 Å². The van der Waals surface area contributed by atoms with E-state index in [0.717, 1.165) is 11.3 Å². The van der Waals surface area contributed by atoms with Gasteiger partial charge < -0.3 is 4.98 Å². The molecule has 0 atom stereocenters. The van der Waals surface area contributed by atoms with Crippen molar-refractivity contribution >= 4 is 5.69 Å². The van der Waals surface area contributed by atoms with Gasteiger partial charge in [-0.25, -0.2) is 4.98 Å². The highest BCUT2D eigenvalue weighted by molar-refractivity contribution is 5.72. The van der Waals surface area contributed by atoms with Crippen molar-refractivity contribution in [2.45, 2.75) is 0 Å². The van der Waals surface area contributed by atoms with Gasteiger partial charge in [0.05, 0.1) is 18.2 Å². The van der Waals surface area contributed by atoms with E-state index in [1.165, 1.54) is 0 Å². The van der Waals surface area contributed by atoms with Gasteiger partial charge in [0.15, 0.2) is 0 Å². The molecule has 13 heavy (non-hydrogen) atoms. The summed E-state index contributed by atoms with van der Waals surface area (Å²) in [5, 5.41) is 2.93. The SMILES string of the molecule is O=Nc1ccccc1-c1cnc[nH]1. The quantitative estimate of drug-likeness (QED) is 0.709. The molecule has 0 spiro atoms. The normalized spacial score (nSPS) is 9.85. The van der Waals surface area contributed by atoms with E-state index in [2.05, 4.69) is 15.1 Å². The molecule has 0 amide bonds. The Kier molecular flexibility index (Phi) is 1.88. The lowest BCUT2D eigenvalue weighted by atomic mass is 10.1. The van der Waals surface area contributed by atoms with Crippen LogP contribution in [0.1, 0.15) is 0 Å². The second-order valence-electron chi connectivity index (χ2n) is 2.57. The van der Waals surface area contributed by atoms with Gasteiger partial charge in [0.2, 0.25) is 0 Å². The van der Waals surface area contributed by atoms with Crippen LogP contribution in [0.15, 0.2) is 42.0 Å². The summed E-state index contributed by atoms with van der Waals surface area (Å²) in [6, 6.07) is 7.12. The Hall–Kier alpha value is -1.97. The van der Waals surface area contributed by atoms with Crippen LogP contribution in [-0.4, -0.2) is 9.97 Å². The summed E-state index contributed by atoms with van der Waals surface area (Å²) in [5.74, 6) is 0. The minimum Gasteiger partial charge on any atom is -0.345 e. The maximum atomic E-state index is 10.4. The van der Waals surface area contributed by atoms with Gasteiger partial charge >= 0.3 is 0 Å². The third-order valence-electron chi connectivity index (χ3n) is 1.79. The largest absolute Gasteiger partial charge is 0.345 e. The third-order valence-corrected chi connectivity index (χ3v) is 1.79. The first kappa shape index (κ1) is 7.67. The van der Waals surface area contributed by atoms with Crippen LogP contribution < -0.4 is 0 Å². The molecule has 2 rings (SSSR count). The molecule has 0 radical (unpaired) electrons. The molecule has 0 unspecified atom stereocenters. The molecule has 4 heteroatoms. The molecule has 1 heterocycles.